The molecule has 2 rings (SSSR count). The van der Waals surface area contributed by atoms with E-state index in [1.807, 2.05) is 6.92 Å². The summed E-state index contributed by atoms with van der Waals surface area (Å²) < 4.78 is 10.1. The van der Waals surface area contributed by atoms with E-state index in [4.69, 9.17) is 9.15 Å². The van der Waals surface area contributed by atoms with Gasteiger partial charge < -0.3 is 14.3 Å². The molecule has 0 spiro atoms. The van der Waals surface area contributed by atoms with E-state index < -0.39 is 0 Å². The lowest BCUT2D eigenvalue weighted by atomic mass is 10.1. The lowest BCUT2D eigenvalue weighted by Gasteiger charge is -2.07. The SMILES string of the molecule is CCCc1cc(=O)oc2cc(OC)c(O)cc12. The van der Waals surface area contributed by atoms with Crippen molar-refractivity contribution in [1.82, 2.24) is 0 Å². The summed E-state index contributed by atoms with van der Waals surface area (Å²) in [4.78, 5) is 11.4. The predicted molar refractivity (Wildman–Crippen MR) is 64.7 cm³/mol. The van der Waals surface area contributed by atoms with E-state index in [2.05, 4.69) is 0 Å². The molecule has 1 N–H and O–H groups in total. The highest BCUT2D eigenvalue weighted by Gasteiger charge is 2.10. The molecule has 0 saturated carbocycles. The van der Waals surface area contributed by atoms with Crippen LogP contribution in [0.25, 0.3) is 11.0 Å². The number of methoxy groups -OCH3 is 1. The van der Waals surface area contributed by atoms with Crippen molar-refractivity contribution < 1.29 is 14.3 Å². The Morgan fingerprint density at radius 2 is 2.12 bits per heavy atom. The first-order valence-corrected chi connectivity index (χ1v) is 5.49. The molecule has 0 aliphatic heterocycles. The van der Waals surface area contributed by atoms with Gasteiger partial charge in [0.2, 0.25) is 0 Å². The van der Waals surface area contributed by atoms with E-state index >= 15 is 0 Å². The third-order valence-electron chi connectivity index (χ3n) is 2.65. The van der Waals surface area contributed by atoms with Crippen molar-refractivity contribution in [2.75, 3.05) is 7.11 Å². The maximum absolute atomic E-state index is 11.4. The van der Waals surface area contributed by atoms with Crippen LogP contribution in [0, 0.1) is 0 Å². The van der Waals surface area contributed by atoms with Crippen molar-refractivity contribution >= 4 is 11.0 Å². The summed E-state index contributed by atoms with van der Waals surface area (Å²) in [6, 6.07) is 4.57. The number of phenols is 1. The van der Waals surface area contributed by atoms with Gasteiger partial charge in [0, 0.05) is 17.5 Å². The minimum absolute atomic E-state index is 0.0474. The number of hydrogen-bond acceptors (Lipinski definition) is 4. The number of hydrogen-bond donors (Lipinski definition) is 1. The molecule has 0 radical (unpaired) electrons. The van der Waals surface area contributed by atoms with Crippen LogP contribution in [0.2, 0.25) is 0 Å². The van der Waals surface area contributed by atoms with Crippen LogP contribution in [0.4, 0.5) is 0 Å². The van der Waals surface area contributed by atoms with Crippen LogP contribution in [0.3, 0.4) is 0 Å². The predicted octanol–water partition coefficient (Wildman–Crippen LogP) is 2.46. The molecule has 90 valence electrons. The molecule has 0 amide bonds. The van der Waals surface area contributed by atoms with E-state index in [1.54, 1.807) is 6.07 Å². The molecule has 2 aromatic rings. The standard InChI is InChI=1S/C13H14O4/c1-3-4-8-5-13(15)17-11-7-12(16-2)10(14)6-9(8)11/h5-7,14H,3-4H2,1-2H3. The van der Waals surface area contributed by atoms with Crippen molar-refractivity contribution in [3.05, 3.63) is 34.2 Å². The highest BCUT2D eigenvalue weighted by atomic mass is 16.5. The maximum atomic E-state index is 11.4. The van der Waals surface area contributed by atoms with Gasteiger partial charge in [-0.25, -0.2) is 4.79 Å². The lowest BCUT2D eigenvalue weighted by molar-refractivity contribution is 0.373. The van der Waals surface area contributed by atoms with Crippen molar-refractivity contribution in [3.8, 4) is 11.5 Å². The average molecular weight is 234 g/mol. The van der Waals surface area contributed by atoms with Crippen LogP contribution >= 0.6 is 0 Å². The van der Waals surface area contributed by atoms with Gasteiger partial charge in [-0.2, -0.15) is 0 Å². The highest BCUT2D eigenvalue weighted by Crippen LogP contribution is 2.32. The van der Waals surface area contributed by atoms with Crippen molar-refractivity contribution in [1.29, 1.82) is 0 Å². The first-order chi connectivity index (χ1) is 8.15. The minimum atomic E-state index is -0.381. The summed E-state index contributed by atoms with van der Waals surface area (Å²) in [6.45, 7) is 2.03. The Labute approximate surface area is 98.4 Å². The second kappa shape index (κ2) is 4.49. The molecule has 0 atom stereocenters. The molecule has 0 aliphatic rings. The molecule has 1 aromatic carbocycles. The quantitative estimate of drug-likeness (QED) is 0.829. The number of fused-ring (bicyclic) bond motifs is 1. The molecule has 1 aromatic heterocycles. The Hall–Kier alpha value is -1.97. The van der Waals surface area contributed by atoms with Crippen LogP contribution < -0.4 is 10.4 Å². The third-order valence-corrected chi connectivity index (χ3v) is 2.65. The number of aryl methyl sites for hydroxylation is 1. The zero-order valence-corrected chi connectivity index (χ0v) is 9.82. The van der Waals surface area contributed by atoms with E-state index in [-0.39, 0.29) is 11.4 Å². The molecule has 0 aliphatic carbocycles. The molecule has 1 heterocycles. The van der Waals surface area contributed by atoms with Gasteiger partial charge in [-0.05, 0) is 18.1 Å². The first kappa shape index (κ1) is 11.5. The van der Waals surface area contributed by atoms with Crippen LogP contribution in [-0.2, 0) is 6.42 Å². The number of phenolic OH excluding ortho intramolecular Hbond substituents is 1. The summed E-state index contributed by atoms with van der Waals surface area (Å²) in [5.74, 6) is 0.348. The van der Waals surface area contributed by atoms with Gasteiger partial charge in [0.25, 0.3) is 0 Å². The van der Waals surface area contributed by atoms with E-state index in [9.17, 15) is 9.90 Å². The summed E-state index contributed by atoms with van der Waals surface area (Å²) in [6.07, 6.45) is 1.69. The highest BCUT2D eigenvalue weighted by molar-refractivity contribution is 5.83. The van der Waals surface area contributed by atoms with Crippen LogP contribution in [0.15, 0.2) is 27.4 Å². The van der Waals surface area contributed by atoms with Crippen LogP contribution in [-0.4, -0.2) is 12.2 Å². The fourth-order valence-corrected chi connectivity index (χ4v) is 1.88. The Bertz CT molecular complexity index is 598. The smallest absolute Gasteiger partial charge is 0.336 e. The van der Waals surface area contributed by atoms with E-state index in [0.29, 0.717) is 11.3 Å². The minimum Gasteiger partial charge on any atom is -0.504 e. The topological polar surface area (TPSA) is 59.7 Å². The molecule has 0 bridgehead atoms. The summed E-state index contributed by atoms with van der Waals surface area (Å²) in [5.41, 5.74) is 0.945. The number of aromatic hydroxyl groups is 1. The van der Waals surface area contributed by atoms with Crippen molar-refractivity contribution in [2.45, 2.75) is 19.8 Å². The molecule has 0 saturated heterocycles. The monoisotopic (exact) mass is 234 g/mol. The van der Waals surface area contributed by atoms with Gasteiger partial charge in [0.15, 0.2) is 11.5 Å². The molecule has 4 nitrogen and oxygen atoms in total. The number of rotatable bonds is 3. The summed E-state index contributed by atoms with van der Waals surface area (Å²) in [5, 5.41) is 10.5. The van der Waals surface area contributed by atoms with Gasteiger partial charge in [-0.3, -0.25) is 0 Å². The second-order valence-electron chi connectivity index (χ2n) is 3.86. The Balaban J connectivity index is 2.75. The van der Waals surface area contributed by atoms with Crippen LogP contribution in [0.1, 0.15) is 18.9 Å². The molecule has 17 heavy (non-hydrogen) atoms. The molecule has 0 fully saturated rings. The Morgan fingerprint density at radius 1 is 1.35 bits per heavy atom. The van der Waals surface area contributed by atoms with Crippen molar-refractivity contribution in [3.63, 3.8) is 0 Å². The number of benzene rings is 1. The molecular formula is C13H14O4. The first-order valence-electron chi connectivity index (χ1n) is 5.49. The zero-order chi connectivity index (χ0) is 12.4. The van der Waals surface area contributed by atoms with E-state index in [1.165, 1.54) is 19.2 Å². The van der Waals surface area contributed by atoms with Crippen LogP contribution in [0.5, 0.6) is 11.5 Å². The van der Waals surface area contributed by atoms with Gasteiger partial charge in [0.1, 0.15) is 5.58 Å². The van der Waals surface area contributed by atoms with Gasteiger partial charge in [-0.1, -0.05) is 13.3 Å². The summed E-state index contributed by atoms with van der Waals surface area (Å²) >= 11 is 0. The zero-order valence-electron chi connectivity index (χ0n) is 9.82. The summed E-state index contributed by atoms with van der Waals surface area (Å²) in [7, 11) is 1.45. The molecule has 4 heteroatoms. The van der Waals surface area contributed by atoms with Crippen molar-refractivity contribution in [2.24, 2.45) is 0 Å². The van der Waals surface area contributed by atoms with Gasteiger partial charge in [-0.15, -0.1) is 0 Å². The normalized spacial score (nSPS) is 10.7. The Morgan fingerprint density at radius 3 is 2.76 bits per heavy atom. The third kappa shape index (κ3) is 2.11. The van der Waals surface area contributed by atoms with Gasteiger partial charge >= 0.3 is 5.63 Å². The lowest BCUT2D eigenvalue weighted by Crippen LogP contribution is -2.00. The number of ether oxygens (including phenoxy) is 1. The maximum Gasteiger partial charge on any atom is 0.336 e. The fraction of sp³-hybridized carbons (Fsp3) is 0.308. The molecule has 0 unspecified atom stereocenters. The second-order valence-corrected chi connectivity index (χ2v) is 3.86. The molecular weight excluding hydrogens is 220 g/mol. The average Bonchev–Trinajstić information content (AvgIpc) is 2.29. The fourth-order valence-electron chi connectivity index (χ4n) is 1.88. The van der Waals surface area contributed by atoms with E-state index in [0.717, 1.165) is 23.8 Å². The van der Waals surface area contributed by atoms with Gasteiger partial charge in [0.05, 0.1) is 7.11 Å². The Kier molecular flexibility index (Phi) is 3.04. The largest absolute Gasteiger partial charge is 0.504 e.